The van der Waals surface area contributed by atoms with Crippen molar-refractivity contribution in [3.05, 3.63) is 60.8 Å². The number of esters is 1. The zero-order chi connectivity index (χ0) is 45.9. The minimum atomic E-state index is -0.799. The first kappa shape index (κ1) is 60.6. The third-order valence-electron chi connectivity index (χ3n) is 12.1. The van der Waals surface area contributed by atoms with Crippen molar-refractivity contribution in [2.75, 3.05) is 6.61 Å². The lowest BCUT2D eigenvalue weighted by Gasteiger charge is -2.24. The van der Waals surface area contributed by atoms with E-state index in [1.165, 1.54) is 122 Å². The molecule has 0 aromatic heterocycles. The van der Waals surface area contributed by atoms with Crippen molar-refractivity contribution in [2.45, 2.75) is 283 Å². The van der Waals surface area contributed by atoms with Gasteiger partial charge in [-0.2, -0.15) is 0 Å². The van der Waals surface area contributed by atoms with Crippen LogP contribution in [0.25, 0.3) is 0 Å². The number of aliphatic hydroxyl groups excluding tert-OH is 2. The smallest absolute Gasteiger partial charge is 0.306 e. The van der Waals surface area contributed by atoms with Gasteiger partial charge in [0, 0.05) is 6.42 Å². The Morgan fingerprint density at radius 1 is 0.476 bits per heavy atom. The quantitative estimate of drug-likeness (QED) is 0.0245. The maximum atomic E-state index is 13.2. The van der Waals surface area contributed by atoms with E-state index in [-0.39, 0.29) is 24.9 Å². The predicted molar refractivity (Wildman–Crippen MR) is 273 cm³/mol. The standard InChI is InChI=1S/C57H103NO5/c1-4-7-10-13-16-19-22-24-26-28-29-31-34-36-39-42-45-48-53(63-57(62)50-47-44-41-38-35-32-30-27-25-23-20-17-14-11-8-5-2)51-56(61)58-54(52-59)55(60)49-46-43-40-37-33-21-18-15-12-9-6-3/h16,19,24,26-27,29-32,35,53-55,59-60H,4-15,17-18,20-23,25,28,33-34,36-52H2,1-3H3,(H,58,61)/b19-16-,26-24-,30-27+,31-29-,35-32+. The lowest BCUT2D eigenvalue weighted by molar-refractivity contribution is -0.151. The van der Waals surface area contributed by atoms with Crippen LogP contribution in [0.15, 0.2) is 60.8 Å². The highest BCUT2D eigenvalue weighted by Gasteiger charge is 2.24. The van der Waals surface area contributed by atoms with Crippen LogP contribution < -0.4 is 5.32 Å². The number of nitrogens with one attached hydrogen (secondary N) is 1. The SMILES string of the molecule is CCCCC/C=C\C/C=C\C/C=C\CCCCCCC(CC(=O)NC(CO)C(O)CCCCCCCCCCCCC)OC(=O)CCCCC/C=C/C=C/CCCCCCCCC. The Kier molecular flexibility index (Phi) is 48.6. The molecule has 0 radical (unpaired) electrons. The Morgan fingerprint density at radius 2 is 0.857 bits per heavy atom. The number of carbonyl (C=O) groups is 2. The molecule has 0 rings (SSSR count). The van der Waals surface area contributed by atoms with Crippen molar-refractivity contribution in [1.29, 1.82) is 0 Å². The summed E-state index contributed by atoms with van der Waals surface area (Å²) in [6.07, 6.45) is 62.8. The average Bonchev–Trinajstić information content (AvgIpc) is 3.28. The van der Waals surface area contributed by atoms with Gasteiger partial charge in [0.05, 0.1) is 25.2 Å². The number of amides is 1. The van der Waals surface area contributed by atoms with E-state index in [0.29, 0.717) is 19.3 Å². The highest BCUT2D eigenvalue weighted by molar-refractivity contribution is 5.77. The summed E-state index contributed by atoms with van der Waals surface area (Å²) in [6, 6.07) is -0.715. The van der Waals surface area contributed by atoms with Crippen LogP contribution in [0.5, 0.6) is 0 Å². The number of allylic oxidation sites excluding steroid dienone is 10. The Hall–Kier alpha value is -2.44. The van der Waals surface area contributed by atoms with E-state index in [0.717, 1.165) is 96.3 Å². The van der Waals surface area contributed by atoms with Crippen molar-refractivity contribution in [2.24, 2.45) is 0 Å². The summed E-state index contributed by atoms with van der Waals surface area (Å²) in [6.45, 7) is 6.44. The van der Waals surface area contributed by atoms with Gasteiger partial charge in [-0.05, 0) is 89.9 Å². The van der Waals surface area contributed by atoms with Gasteiger partial charge in [-0.3, -0.25) is 9.59 Å². The summed E-state index contributed by atoms with van der Waals surface area (Å²) >= 11 is 0. The minimum absolute atomic E-state index is 0.0512. The molecule has 366 valence electrons. The van der Waals surface area contributed by atoms with Gasteiger partial charge in [-0.15, -0.1) is 0 Å². The van der Waals surface area contributed by atoms with Crippen LogP contribution in [0, 0.1) is 0 Å². The van der Waals surface area contributed by atoms with Gasteiger partial charge < -0.3 is 20.3 Å². The molecule has 3 N–H and O–H groups in total. The summed E-state index contributed by atoms with van der Waals surface area (Å²) < 4.78 is 5.92. The molecule has 6 nitrogen and oxygen atoms in total. The van der Waals surface area contributed by atoms with Gasteiger partial charge in [-0.25, -0.2) is 0 Å². The summed E-state index contributed by atoms with van der Waals surface area (Å²) in [5, 5.41) is 23.8. The van der Waals surface area contributed by atoms with E-state index < -0.39 is 18.2 Å². The third-order valence-corrected chi connectivity index (χ3v) is 12.1. The van der Waals surface area contributed by atoms with Crippen molar-refractivity contribution in [3.8, 4) is 0 Å². The number of hydrogen-bond acceptors (Lipinski definition) is 5. The zero-order valence-corrected chi connectivity index (χ0v) is 41.7. The number of ether oxygens (including phenoxy) is 1. The van der Waals surface area contributed by atoms with Gasteiger partial charge >= 0.3 is 5.97 Å². The topological polar surface area (TPSA) is 95.9 Å². The molecule has 0 fully saturated rings. The molecule has 0 aliphatic heterocycles. The zero-order valence-electron chi connectivity index (χ0n) is 41.7. The van der Waals surface area contributed by atoms with Crippen LogP contribution in [0.1, 0.15) is 265 Å². The molecule has 0 saturated carbocycles. The molecule has 0 bridgehead atoms. The van der Waals surface area contributed by atoms with E-state index in [9.17, 15) is 19.8 Å². The normalized spacial score (nSPS) is 13.7. The first-order valence-corrected chi connectivity index (χ1v) is 27.0. The Labute approximate surface area is 390 Å². The van der Waals surface area contributed by atoms with Crippen molar-refractivity contribution >= 4 is 11.9 Å². The molecular formula is C57H103NO5. The van der Waals surface area contributed by atoms with E-state index in [2.05, 4.69) is 86.8 Å². The average molecular weight is 882 g/mol. The van der Waals surface area contributed by atoms with E-state index in [4.69, 9.17) is 4.74 Å². The first-order valence-electron chi connectivity index (χ1n) is 27.0. The highest BCUT2D eigenvalue weighted by atomic mass is 16.5. The minimum Gasteiger partial charge on any atom is -0.462 e. The summed E-state index contributed by atoms with van der Waals surface area (Å²) in [5.41, 5.74) is 0. The predicted octanol–water partition coefficient (Wildman–Crippen LogP) is 16.4. The number of unbranched alkanes of at least 4 members (excludes halogenated alkanes) is 27. The molecular weight excluding hydrogens is 779 g/mol. The number of carbonyl (C=O) groups excluding carboxylic acids is 2. The fourth-order valence-electron chi connectivity index (χ4n) is 7.96. The van der Waals surface area contributed by atoms with Crippen LogP contribution in [0.3, 0.4) is 0 Å². The van der Waals surface area contributed by atoms with Crippen LogP contribution in [0.4, 0.5) is 0 Å². The molecule has 0 heterocycles. The molecule has 0 aromatic carbocycles. The molecule has 0 aliphatic carbocycles. The molecule has 3 unspecified atom stereocenters. The molecule has 0 aromatic rings. The molecule has 0 saturated heterocycles. The number of aliphatic hydroxyl groups is 2. The Balaban J connectivity index is 4.68. The fourth-order valence-corrected chi connectivity index (χ4v) is 7.96. The van der Waals surface area contributed by atoms with Crippen molar-refractivity contribution in [1.82, 2.24) is 5.32 Å². The summed E-state index contributed by atoms with van der Waals surface area (Å²) in [7, 11) is 0. The summed E-state index contributed by atoms with van der Waals surface area (Å²) in [5.74, 6) is -0.524. The van der Waals surface area contributed by atoms with Gasteiger partial charge in [0.2, 0.25) is 5.91 Å². The second-order valence-corrected chi connectivity index (χ2v) is 18.3. The largest absolute Gasteiger partial charge is 0.462 e. The van der Waals surface area contributed by atoms with Crippen molar-refractivity contribution in [3.63, 3.8) is 0 Å². The van der Waals surface area contributed by atoms with E-state index in [1.54, 1.807) is 0 Å². The summed E-state index contributed by atoms with van der Waals surface area (Å²) in [4.78, 5) is 26.2. The number of rotatable bonds is 48. The first-order chi connectivity index (χ1) is 31.0. The second-order valence-electron chi connectivity index (χ2n) is 18.3. The monoisotopic (exact) mass is 882 g/mol. The molecule has 0 spiro atoms. The van der Waals surface area contributed by atoms with Crippen LogP contribution >= 0.6 is 0 Å². The van der Waals surface area contributed by atoms with E-state index >= 15 is 0 Å². The number of hydrogen-bond donors (Lipinski definition) is 3. The van der Waals surface area contributed by atoms with Gasteiger partial charge in [0.15, 0.2) is 0 Å². The second kappa shape index (κ2) is 50.6. The van der Waals surface area contributed by atoms with Gasteiger partial charge in [0.25, 0.3) is 0 Å². The Morgan fingerprint density at radius 3 is 1.35 bits per heavy atom. The van der Waals surface area contributed by atoms with Crippen molar-refractivity contribution < 1.29 is 24.5 Å². The van der Waals surface area contributed by atoms with Crippen LogP contribution in [-0.4, -0.2) is 46.9 Å². The molecule has 1 amide bonds. The molecule has 3 atom stereocenters. The van der Waals surface area contributed by atoms with E-state index in [1.807, 2.05) is 0 Å². The van der Waals surface area contributed by atoms with Crippen LogP contribution in [-0.2, 0) is 14.3 Å². The highest BCUT2D eigenvalue weighted by Crippen LogP contribution is 2.17. The maximum Gasteiger partial charge on any atom is 0.306 e. The Bertz CT molecular complexity index is 1130. The van der Waals surface area contributed by atoms with Crippen LogP contribution in [0.2, 0.25) is 0 Å². The van der Waals surface area contributed by atoms with Gasteiger partial charge in [-0.1, -0.05) is 223 Å². The lowest BCUT2D eigenvalue weighted by Crippen LogP contribution is -2.46. The molecule has 63 heavy (non-hydrogen) atoms. The molecule has 6 heteroatoms. The maximum absolute atomic E-state index is 13.2. The fraction of sp³-hybridized carbons (Fsp3) is 0.789. The van der Waals surface area contributed by atoms with Gasteiger partial charge in [0.1, 0.15) is 6.10 Å². The molecule has 0 aliphatic rings. The lowest BCUT2D eigenvalue weighted by atomic mass is 10.0. The third kappa shape index (κ3) is 45.9.